The molecule has 0 saturated heterocycles. The molecule has 1 aromatic rings. The molecule has 4 nitrogen and oxygen atoms in total. The van der Waals surface area contributed by atoms with Crippen LogP contribution in [0.15, 0.2) is 5.38 Å². The van der Waals surface area contributed by atoms with Crippen LogP contribution in [0.25, 0.3) is 0 Å². The van der Waals surface area contributed by atoms with Gasteiger partial charge in [-0.15, -0.1) is 22.9 Å². The normalized spacial score (nSPS) is 10.9. The predicted octanol–water partition coefficient (Wildman–Crippen LogP) is 1.82. The third-order valence-electron chi connectivity index (χ3n) is 1.86. The van der Waals surface area contributed by atoms with Gasteiger partial charge < -0.3 is 10.1 Å². The third-order valence-corrected chi connectivity index (χ3v) is 3.03. The molecule has 1 heterocycles. The van der Waals surface area contributed by atoms with Crippen LogP contribution < -0.4 is 5.32 Å². The van der Waals surface area contributed by atoms with E-state index in [1.165, 1.54) is 11.3 Å². The van der Waals surface area contributed by atoms with Crippen molar-refractivity contribution in [2.24, 2.45) is 0 Å². The van der Waals surface area contributed by atoms with Crippen LogP contribution in [-0.4, -0.2) is 37.1 Å². The van der Waals surface area contributed by atoms with E-state index in [1.807, 2.05) is 0 Å². The summed E-state index contributed by atoms with van der Waals surface area (Å²) >= 11 is 6.95. The van der Waals surface area contributed by atoms with Crippen molar-refractivity contribution in [1.82, 2.24) is 10.3 Å². The molecule has 0 radical (unpaired) electrons. The van der Waals surface area contributed by atoms with Crippen molar-refractivity contribution in [3.63, 3.8) is 0 Å². The Balaban J connectivity index is 2.13. The molecule has 1 N–H and O–H groups in total. The fourth-order valence-electron chi connectivity index (χ4n) is 1.13. The Kier molecular flexibility index (Phi) is 7.07. The summed E-state index contributed by atoms with van der Waals surface area (Å²) in [4.78, 5) is 15.6. The van der Waals surface area contributed by atoms with Crippen LogP contribution in [0.4, 0.5) is 8.78 Å². The SMILES string of the molecule is O=C(Cc1nc(CCl)cs1)NCCOCC(F)F. The molecular weight excluding hydrogens is 286 g/mol. The van der Waals surface area contributed by atoms with E-state index in [9.17, 15) is 13.6 Å². The van der Waals surface area contributed by atoms with Crippen LogP contribution in [0.2, 0.25) is 0 Å². The minimum Gasteiger partial charge on any atom is -0.374 e. The lowest BCUT2D eigenvalue weighted by Crippen LogP contribution is -2.29. The molecule has 8 heteroatoms. The number of halogens is 3. The first kappa shape index (κ1) is 15.3. The van der Waals surface area contributed by atoms with Gasteiger partial charge in [-0.25, -0.2) is 13.8 Å². The Morgan fingerprint density at radius 1 is 1.61 bits per heavy atom. The highest BCUT2D eigenvalue weighted by Crippen LogP contribution is 2.11. The van der Waals surface area contributed by atoms with Gasteiger partial charge in [0.15, 0.2) is 0 Å². The molecule has 0 aliphatic carbocycles. The molecule has 102 valence electrons. The number of nitrogens with zero attached hydrogens (tertiary/aromatic N) is 1. The first-order valence-electron chi connectivity index (χ1n) is 5.23. The molecular formula is C10H13ClF2N2O2S. The average Bonchev–Trinajstić information content (AvgIpc) is 2.76. The first-order chi connectivity index (χ1) is 8.61. The van der Waals surface area contributed by atoms with Gasteiger partial charge in [0.05, 0.1) is 24.6 Å². The lowest BCUT2D eigenvalue weighted by molar-refractivity contribution is -0.120. The molecule has 18 heavy (non-hydrogen) atoms. The summed E-state index contributed by atoms with van der Waals surface area (Å²) in [5.74, 6) is 0.102. The van der Waals surface area contributed by atoms with E-state index < -0.39 is 13.0 Å². The van der Waals surface area contributed by atoms with Crippen molar-refractivity contribution in [3.05, 3.63) is 16.1 Å². The lowest BCUT2D eigenvalue weighted by Gasteiger charge is -2.05. The van der Waals surface area contributed by atoms with Crippen molar-refractivity contribution in [3.8, 4) is 0 Å². The second-order valence-corrected chi connectivity index (χ2v) is 4.57. The van der Waals surface area contributed by atoms with E-state index in [-0.39, 0.29) is 25.5 Å². The number of thiazole rings is 1. The second kappa shape index (κ2) is 8.34. The van der Waals surface area contributed by atoms with Crippen LogP contribution in [-0.2, 0) is 21.8 Å². The monoisotopic (exact) mass is 298 g/mol. The van der Waals surface area contributed by atoms with Crippen LogP contribution in [0.5, 0.6) is 0 Å². The summed E-state index contributed by atoms with van der Waals surface area (Å²) in [6.07, 6.45) is -2.32. The number of aromatic nitrogens is 1. The Morgan fingerprint density at radius 3 is 3.00 bits per heavy atom. The molecule has 0 fully saturated rings. The van der Waals surface area contributed by atoms with E-state index in [4.69, 9.17) is 11.6 Å². The number of alkyl halides is 3. The van der Waals surface area contributed by atoms with Crippen LogP contribution in [0, 0.1) is 0 Å². The second-order valence-electron chi connectivity index (χ2n) is 3.36. The summed E-state index contributed by atoms with van der Waals surface area (Å²) in [5.41, 5.74) is 0.740. The van der Waals surface area contributed by atoms with Gasteiger partial charge in [-0.2, -0.15) is 0 Å². The predicted molar refractivity (Wildman–Crippen MR) is 65.2 cm³/mol. The number of rotatable bonds is 8. The Hall–Kier alpha value is -0.790. The smallest absolute Gasteiger partial charge is 0.261 e. The fourth-order valence-corrected chi connectivity index (χ4v) is 2.15. The maximum Gasteiger partial charge on any atom is 0.261 e. The number of nitrogens with one attached hydrogen (secondary N) is 1. The van der Waals surface area contributed by atoms with Crippen LogP contribution in [0.3, 0.4) is 0 Å². The largest absolute Gasteiger partial charge is 0.374 e. The Labute approximate surface area is 112 Å². The molecule has 1 rings (SSSR count). The number of carbonyl (C=O) groups excluding carboxylic acids is 1. The quantitative estimate of drug-likeness (QED) is 0.588. The van der Waals surface area contributed by atoms with Gasteiger partial charge >= 0.3 is 0 Å². The van der Waals surface area contributed by atoms with E-state index >= 15 is 0 Å². The van der Waals surface area contributed by atoms with Gasteiger partial charge in [0.2, 0.25) is 5.91 Å². The van der Waals surface area contributed by atoms with Gasteiger partial charge in [-0.3, -0.25) is 4.79 Å². The standard InChI is InChI=1S/C10H13ClF2N2O2S/c11-4-7-6-18-10(15-7)3-9(16)14-1-2-17-5-8(12)13/h6,8H,1-5H2,(H,14,16). The fraction of sp³-hybridized carbons (Fsp3) is 0.600. The van der Waals surface area contributed by atoms with Crippen molar-refractivity contribution < 1.29 is 18.3 Å². The van der Waals surface area contributed by atoms with Gasteiger partial charge in [-0.1, -0.05) is 0 Å². The zero-order chi connectivity index (χ0) is 13.4. The van der Waals surface area contributed by atoms with Crippen LogP contribution >= 0.6 is 22.9 Å². The minimum absolute atomic E-state index is 0.0703. The van der Waals surface area contributed by atoms with Crippen molar-refractivity contribution >= 4 is 28.8 Å². The summed E-state index contributed by atoms with van der Waals surface area (Å²) in [7, 11) is 0. The number of carbonyl (C=O) groups is 1. The molecule has 0 saturated carbocycles. The van der Waals surface area contributed by atoms with Gasteiger partial charge in [0.1, 0.15) is 11.6 Å². The molecule has 1 aromatic heterocycles. The summed E-state index contributed by atoms with van der Waals surface area (Å²) in [6, 6.07) is 0. The van der Waals surface area contributed by atoms with E-state index in [2.05, 4.69) is 15.0 Å². The van der Waals surface area contributed by atoms with E-state index in [1.54, 1.807) is 5.38 Å². The molecule has 0 aliphatic rings. The number of amides is 1. The molecule has 0 aromatic carbocycles. The number of hydrogen-bond acceptors (Lipinski definition) is 4. The average molecular weight is 299 g/mol. The topological polar surface area (TPSA) is 51.2 Å². The number of hydrogen-bond donors (Lipinski definition) is 1. The maximum atomic E-state index is 11.7. The van der Waals surface area contributed by atoms with Gasteiger partial charge in [0.25, 0.3) is 6.43 Å². The van der Waals surface area contributed by atoms with Gasteiger partial charge in [-0.05, 0) is 0 Å². The van der Waals surface area contributed by atoms with Crippen LogP contribution in [0.1, 0.15) is 10.7 Å². The highest BCUT2D eigenvalue weighted by Gasteiger charge is 2.07. The minimum atomic E-state index is -2.48. The highest BCUT2D eigenvalue weighted by atomic mass is 35.5. The van der Waals surface area contributed by atoms with E-state index in [0.29, 0.717) is 10.9 Å². The molecule has 1 amide bonds. The molecule has 0 aliphatic heterocycles. The maximum absolute atomic E-state index is 11.7. The first-order valence-corrected chi connectivity index (χ1v) is 6.65. The summed E-state index contributed by atoms with van der Waals surface area (Å²) in [6.45, 7) is -0.332. The lowest BCUT2D eigenvalue weighted by atomic mass is 10.4. The highest BCUT2D eigenvalue weighted by molar-refractivity contribution is 7.09. The Bertz CT molecular complexity index is 377. The molecule has 0 spiro atoms. The molecule has 0 unspecified atom stereocenters. The van der Waals surface area contributed by atoms with Crippen molar-refractivity contribution in [2.45, 2.75) is 18.7 Å². The zero-order valence-corrected chi connectivity index (χ0v) is 11.1. The summed E-state index contributed by atoms with van der Waals surface area (Å²) < 4.78 is 28.1. The molecule has 0 bridgehead atoms. The van der Waals surface area contributed by atoms with Crippen molar-refractivity contribution in [1.29, 1.82) is 0 Å². The Morgan fingerprint density at radius 2 is 2.39 bits per heavy atom. The molecule has 0 atom stereocenters. The van der Waals surface area contributed by atoms with Gasteiger partial charge in [0, 0.05) is 11.9 Å². The summed E-state index contributed by atoms with van der Waals surface area (Å²) in [5, 5.41) is 5.03. The number of ether oxygens (including phenoxy) is 1. The third kappa shape index (κ3) is 6.23. The van der Waals surface area contributed by atoms with Crippen molar-refractivity contribution in [2.75, 3.05) is 19.8 Å². The zero-order valence-electron chi connectivity index (χ0n) is 9.50. The van der Waals surface area contributed by atoms with E-state index in [0.717, 1.165) is 5.69 Å².